The topological polar surface area (TPSA) is 50.7 Å². The maximum atomic E-state index is 4.26. The number of anilines is 1. The SMILES string of the molecule is Cc1cc(CNc2ncccc2C)ncn1. The minimum Gasteiger partial charge on any atom is -0.364 e. The summed E-state index contributed by atoms with van der Waals surface area (Å²) in [6.45, 7) is 4.65. The van der Waals surface area contributed by atoms with Crippen molar-refractivity contribution in [3.05, 3.63) is 47.7 Å². The molecule has 2 heterocycles. The molecule has 0 atom stereocenters. The Hall–Kier alpha value is -1.97. The van der Waals surface area contributed by atoms with Crippen molar-refractivity contribution in [1.29, 1.82) is 0 Å². The van der Waals surface area contributed by atoms with E-state index in [-0.39, 0.29) is 0 Å². The fraction of sp³-hybridized carbons (Fsp3) is 0.250. The Labute approximate surface area is 94.8 Å². The molecule has 4 nitrogen and oxygen atoms in total. The van der Waals surface area contributed by atoms with Gasteiger partial charge in [0.1, 0.15) is 12.1 Å². The molecular weight excluding hydrogens is 200 g/mol. The summed E-state index contributed by atoms with van der Waals surface area (Å²) in [6, 6.07) is 5.92. The molecule has 0 aromatic carbocycles. The second kappa shape index (κ2) is 4.70. The van der Waals surface area contributed by atoms with Gasteiger partial charge in [0.2, 0.25) is 0 Å². The fourth-order valence-corrected chi connectivity index (χ4v) is 1.45. The third kappa shape index (κ3) is 2.53. The highest BCUT2D eigenvalue weighted by Crippen LogP contribution is 2.10. The number of rotatable bonds is 3. The summed E-state index contributed by atoms with van der Waals surface area (Å²) in [6.07, 6.45) is 3.36. The van der Waals surface area contributed by atoms with E-state index < -0.39 is 0 Å². The van der Waals surface area contributed by atoms with E-state index in [1.807, 2.05) is 32.0 Å². The van der Waals surface area contributed by atoms with Crippen LogP contribution in [-0.4, -0.2) is 15.0 Å². The van der Waals surface area contributed by atoms with E-state index >= 15 is 0 Å². The van der Waals surface area contributed by atoms with Gasteiger partial charge in [-0.3, -0.25) is 0 Å². The molecule has 2 aromatic rings. The molecule has 0 aliphatic carbocycles. The van der Waals surface area contributed by atoms with Crippen molar-refractivity contribution >= 4 is 5.82 Å². The minimum absolute atomic E-state index is 0.668. The molecular formula is C12H14N4. The van der Waals surface area contributed by atoms with Crippen LogP contribution in [0.4, 0.5) is 5.82 Å². The zero-order valence-electron chi connectivity index (χ0n) is 9.44. The largest absolute Gasteiger partial charge is 0.364 e. The molecule has 0 aliphatic rings. The molecule has 0 fully saturated rings. The van der Waals surface area contributed by atoms with Crippen LogP contribution in [0.25, 0.3) is 0 Å². The monoisotopic (exact) mass is 214 g/mol. The number of nitrogens with one attached hydrogen (secondary N) is 1. The van der Waals surface area contributed by atoms with Crippen LogP contribution >= 0.6 is 0 Å². The zero-order valence-corrected chi connectivity index (χ0v) is 9.44. The lowest BCUT2D eigenvalue weighted by molar-refractivity contribution is 0.972. The van der Waals surface area contributed by atoms with E-state index in [0.29, 0.717) is 6.54 Å². The van der Waals surface area contributed by atoms with Gasteiger partial charge in [0.15, 0.2) is 0 Å². The van der Waals surface area contributed by atoms with Gasteiger partial charge in [0, 0.05) is 11.9 Å². The van der Waals surface area contributed by atoms with Crippen LogP contribution in [0.3, 0.4) is 0 Å². The number of aromatic nitrogens is 3. The minimum atomic E-state index is 0.668. The average Bonchev–Trinajstić information content (AvgIpc) is 2.28. The third-order valence-corrected chi connectivity index (χ3v) is 2.31. The van der Waals surface area contributed by atoms with Gasteiger partial charge in [-0.1, -0.05) is 6.07 Å². The smallest absolute Gasteiger partial charge is 0.129 e. The van der Waals surface area contributed by atoms with E-state index in [4.69, 9.17) is 0 Å². The quantitative estimate of drug-likeness (QED) is 0.850. The normalized spacial score (nSPS) is 10.1. The van der Waals surface area contributed by atoms with Crippen LogP contribution < -0.4 is 5.32 Å². The molecule has 0 bridgehead atoms. The van der Waals surface area contributed by atoms with Gasteiger partial charge in [-0.2, -0.15) is 0 Å². The first-order valence-electron chi connectivity index (χ1n) is 5.19. The summed E-state index contributed by atoms with van der Waals surface area (Å²) in [4.78, 5) is 12.5. The molecule has 4 heteroatoms. The van der Waals surface area contributed by atoms with Crippen molar-refractivity contribution in [2.75, 3.05) is 5.32 Å². The molecule has 2 rings (SSSR count). The van der Waals surface area contributed by atoms with E-state index in [9.17, 15) is 0 Å². The second-order valence-electron chi connectivity index (χ2n) is 3.67. The maximum absolute atomic E-state index is 4.26. The van der Waals surface area contributed by atoms with E-state index in [0.717, 1.165) is 22.8 Å². The van der Waals surface area contributed by atoms with Gasteiger partial charge in [-0.15, -0.1) is 0 Å². The molecule has 0 unspecified atom stereocenters. The van der Waals surface area contributed by atoms with Crippen LogP contribution in [0.1, 0.15) is 17.0 Å². The van der Waals surface area contributed by atoms with Crippen LogP contribution in [0.2, 0.25) is 0 Å². The summed E-state index contributed by atoms with van der Waals surface area (Å²) < 4.78 is 0. The lowest BCUT2D eigenvalue weighted by Crippen LogP contribution is -2.05. The number of pyridine rings is 1. The molecule has 82 valence electrons. The van der Waals surface area contributed by atoms with Crippen molar-refractivity contribution in [2.24, 2.45) is 0 Å². The van der Waals surface area contributed by atoms with Crippen LogP contribution in [-0.2, 0) is 6.54 Å². The molecule has 0 saturated heterocycles. The highest BCUT2D eigenvalue weighted by atomic mass is 15.0. The first-order valence-corrected chi connectivity index (χ1v) is 5.19. The molecule has 2 aromatic heterocycles. The Morgan fingerprint density at radius 2 is 2.06 bits per heavy atom. The number of nitrogens with zero attached hydrogens (tertiary/aromatic N) is 3. The Morgan fingerprint density at radius 3 is 2.81 bits per heavy atom. The second-order valence-corrected chi connectivity index (χ2v) is 3.67. The zero-order chi connectivity index (χ0) is 11.4. The van der Waals surface area contributed by atoms with Crippen LogP contribution in [0, 0.1) is 13.8 Å². The van der Waals surface area contributed by atoms with Crippen molar-refractivity contribution in [3.63, 3.8) is 0 Å². The Kier molecular flexibility index (Phi) is 3.10. The summed E-state index contributed by atoms with van der Waals surface area (Å²) in [5.74, 6) is 0.902. The van der Waals surface area contributed by atoms with Gasteiger partial charge in [0.05, 0.1) is 12.2 Å². The summed E-state index contributed by atoms with van der Waals surface area (Å²) in [5.41, 5.74) is 3.08. The summed E-state index contributed by atoms with van der Waals surface area (Å²) >= 11 is 0. The lowest BCUT2D eigenvalue weighted by Gasteiger charge is -2.07. The lowest BCUT2D eigenvalue weighted by atomic mass is 10.3. The van der Waals surface area contributed by atoms with Gasteiger partial charge in [-0.05, 0) is 31.5 Å². The van der Waals surface area contributed by atoms with E-state index in [1.165, 1.54) is 0 Å². The fourth-order valence-electron chi connectivity index (χ4n) is 1.45. The Bertz CT molecular complexity index is 482. The van der Waals surface area contributed by atoms with Gasteiger partial charge in [-0.25, -0.2) is 15.0 Å². The Balaban J connectivity index is 2.05. The summed E-state index contributed by atoms with van der Waals surface area (Å²) in [7, 11) is 0. The van der Waals surface area contributed by atoms with Crippen LogP contribution in [0.5, 0.6) is 0 Å². The molecule has 1 N–H and O–H groups in total. The molecule has 0 aliphatic heterocycles. The van der Waals surface area contributed by atoms with Gasteiger partial charge < -0.3 is 5.32 Å². The first kappa shape index (κ1) is 10.5. The third-order valence-electron chi connectivity index (χ3n) is 2.31. The van der Waals surface area contributed by atoms with Crippen molar-refractivity contribution in [3.8, 4) is 0 Å². The highest BCUT2D eigenvalue weighted by molar-refractivity contribution is 5.42. The van der Waals surface area contributed by atoms with Gasteiger partial charge >= 0.3 is 0 Å². The molecule has 0 spiro atoms. The van der Waals surface area contributed by atoms with Crippen molar-refractivity contribution in [2.45, 2.75) is 20.4 Å². The first-order chi connectivity index (χ1) is 7.75. The average molecular weight is 214 g/mol. The molecule has 16 heavy (non-hydrogen) atoms. The molecule has 0 amide bonds. The van der Waals surface area contributed by atoms with Crippen LogP contribution in [0.15, 0.2) is 30.7 Å². The molecule has 0 saturated carbocycles. The number of hydrogen-bond donors (Lipinski definition) is 1. The Morgan fingerprint density at radius 1 is 1.19 bits per heavy atom. The standard InChI is InChI=1S/C12H14N4/c1-9-4-3-5-13-12(9)14-7-11-6-10(2)15-8-16-11/h3-6,8H,7H2,1-2H3,(H,13,14). The predicted molar refractivity (Wildman–Crippen MR) is 63.1 cm³/mol. The number of hydrogen-bond acceptors (Lipinski definition) is 4. The molecule has 0 radical (unpaired) electrons. The van der Waals surface area contributed by atoms with E-state index in [1.54, 1.807) is 12.5 Å². The van der Waals surface area contributed by atoms with Crippen molar-refractivity contribution < 1.29 is 0 Å². The van der Waals surface area contributed by atoms with E-state index in [2.05, 4.69) is 20.3 Å². The maximum Gasteiger partial charge on any atom is 0.129 e. The van der Waals surface area contributed by atoms with Crippen molar-refractivity contribution in [1.82, 2.24) is 15.0 Å². The van der Waals surface area contributed by atoms with Gasteiger partial charge in [0.25, 0.3) is 0 Å². The highest BCUT2D eigenvalue weighted by Gasteiger charge is 1.99. The number of aryl methyl sites for hydroxylation is 2. The summed E-state index contributed by atoms with van der Waals surface area (Å²) in [5, 5.41) is 3.26. The predicted octanol–water partition coefficient (Wildman–Crippen LogP) is 2.10.